The van der Waals surface area contributed by atoms with Gasteiger partial charge < -0.3 is 0 Å². The molecular weight excluding hydrogens is 673 g/mol. The molecule has 0 fully saturated rings. The fraction of sp³-hybridized carbons (Fsp3) is 0.435. The maximum atomic E-state index is 14.2. The summed E-state index contributed by atoms with van der Waals surface area (Å²) in [4.78, 5) is 59.1. The number of carbonyl (C=O) groups excluding carboxylic acids is 4. The Kier molecular flexibility index (Phi) is 9.92. The monoisotopic (exact) mass is 720 g/mol. The molecular formula is C46H48N4O4. The number of hydrogen-bond acceptors (Lipinski definition) is 6. The van der Waals surface area contributed by atoms with Crippen molar-refractivity contribution >= 4 is 66.7 Å². The smallest absolute Gasteiger partial charge is 0.261 e. The quantitative estimate of drug-likeness (QED) is 0.0639. The fourth-order valence-corrected chi connectivity index (χ4v) is 8.89. The van der Waals surface area contributed by atoms with E-state index in [0.29, 0.717) is 102 Å². The van der Waals surface area contributed by atoms with E-state index in [1.165, 1.54) is 9.80 Å². The molecule has 4 amide bonds. The van der Waals surface area contributed by atoms with Gasteiger partial charge in [-0.05, 0) is 71.6 Å². The second kappa shape index (κ2) is 14.5. The SMILES string of the molecule is CC(C)CCCC(C)CCN1C(=O)c2ccc3c4c(C#N)cc5c6c(ccc(c7c(C#N)cc(c2c37)C1=O)c64)C(=O)N(CCC(C)CCCC(C)C)C5=O. The molecule has 2 aliphatic heterocycles. The van der Waals surface area contributed by atoms with Crippen LogP contribution in [0.2, 0.25) is 0 Å². The van der Waals surface area contributed by atoms with Gasteiger partial charge in [-0.2, -0.15) is 10.5 Å². The number of nitrogens with zero attached hydrogens (tertiary/aromatic N) is 4. The van der Waals surface area contributed by atoms with E-state index >= 15 is 0 Å². The minimum Gasteiger partial charge on any atom is -0.274 e. The minimum absolute atomic E-state index is 0.256. The molecule has 2 atom stereocenters. The van der Waals surface area contributed by atoms with Crippen molar-refractivity contribution in [2.45, 2.75) is 92.9 Å². The third-order valence-corrected chi connectivity index (χ3v) is 11.9. The van der Waals surface area contributed by atoms with Crippen molar-refractivity contribution in [3.8, 4) is 12.1 Å². The number of benzene rings is 5. The molecule has 0 aliphatic carbocycles. The Hall–Kier alpha value is -5.34. The summed E-state index contributed by atoms with van der Waals surface area (Å²) in [5.41, 5.74) is 1.86. The van der Waals surface area contributed by atoms with E-state index < -0.39 is 11.8 Å². The van der Waals surface area contributed by atoms with E-state index in [2.05, 4.69) is 53.7 Å². The molecule has 8 nitrogen and oxygen atoms in total. The van der Waals surface area contributed by atoms with E-state index in [-0.39, 0.29) is 36.0 Å². The molecule has 0 bridgehead atoms. The Morgan fingerprint density at radius 1 is 0.481 bits per heavy atom. The molecule has 0 N–H and O–H groups in total. The average molecular weight is 721 g/mol. The topological polar surface area (TPSA) is 122 Å². The van der Waals surface area contributed by atoms with Gasteiger partial charge in [0.15, 0.2) is 0 Å². The Bertz CT molecular complexity index is 2290. The van der Waals surface area contributed by atoms with Crippen LogP contribution in [0.25, 0.3) is 43.1 Å². The van der Waals surface area contributed by atoms with Crippen LogP contribution in [0, 0.1) is 46.3 Å². The Morgan fingerprint density at radius 3 is 1.20 bits per heavy atom. The van der Waals surface area contributed by atoms with Crippen molar-refractivity contribution in [3.05, 3.63) is 69.8 Å². The van der Waals surface area contributed by atoms with Gasteiger partial charge in [-0.1, -0.05) is 92.2 Å². The third-order valence-electron chi connectivity index (χ3n) is 11.9. The summed E-state index contributed by atoms with van der Waals surface area (Å²) in [6.45, 7) is 13.7. The van der Waals surface area contributed by atoms with Gasteiger partial charge in [-0.3, -0.25) is 29.0 Å². The molecule has 276 valence electrons. The highest BCUT2D eigenvalue weighted by Crippen LogP contribution is 2.48. The van der Waals surface area contributed by atoms with Crippen LogP contribution in [0.3, 0.4) is 0 Å². The molecule has 54 heavy (non-hydrogen) atoms. The lowest BCUT2D eigenvalue weighted by Gasteiger charge is -2.31. The van der Waals surface area contributed by atoms with Crippen molar-refractivity contribution < 1.29 is 19.2 Å². The van der Waals surface area contributed by atoms with E-state index in [9.17, 15) is 29.7 Å². The number of imide groups is 2. The molecule has 0 spiro atoms. The second-order valence-electron chi connectivity index (χ2n) is 16.7. The van der Waals surface area contributed by atoms with Crippen LogP contribution in [0.1, 0.15) is 145 Å². The van der Waals surface area contributed by atoms with Crippen molar-refractivity contribution in [2.75, 3.05) is 13.1 Å². The average Bonchev–Trinajstić information content (AvgIpc) is 3.14. The lowest BCUT2D eigenvalue weighted by molar-refractivity contribution is 0.0586. The molecule has 5 aromatic rings. The highest BCUT2D eigenvalue weighted by Gasteiger charge is 2.38. The number of hydrogen-bond donors (Lipinski definition) is 0. The highest BCUT2D eigenvalue weighted by molar-refractivity contribution is 6.42. The number of nitriles is 2. The van der Waals surface area contributed by atoms with Crippen LogP contribution in [0.4, 0.5) is 0 Å². The summed E-state index contributed by atoms with van der Waals surface area (Å²) in [6.07, 6.45) is 7.89. The maximum Gasteiger partial charge on any atom is 0.261 e. The van der Waals surface area contributed by atoms with E-state index in [1.807, 2.05) is 0 Å². The lowest BCUT2D eigenvalue weighted by Crippen LogP contribution is -2.41. The zero-order chi connectivity index (χ0) is 38.6. The first-order chi connectivity index (χ1) is 25.9. The number of fused-ring (bicyclic) bond motifs is 2. The van der Waals surface area contributed by atoms with Crippen LogP contribution >= 0.6 is 0 Å². The Labute approximate surface area is 317 Å². The van der Waals surface area contributed by atoms with Gasteiger partial charge in [0.2, 0.25) is 0 Å². The first-order valence-corrected chi connectivity index (χ1v) is 19.7. The van der Waals surface area contributed by atoms with Gasteiger partial charge in [0.1, 0.15) is 0 Å². The molecule has 0 aromatic heterocycles. The summed E-state index contributed by atoms with van der Waals surface area (Å²) in [6, 6.07) is 14.8. The number of rotatable bonds is 14. The van der Waals surface area contributed by atoms with E-state index in [0.717, 1.165) is 38.5 Å². The predicted octanol–water partition coefficient (Wildman–Crippen LogP) is 10.4. The molecule has 8 heteroatoms. The molecule has 2 unspecified atom stereocenters. The molecule has 5 aromatic carbocycles. The zero-order valence-electron chi connectivity index (χ0n) is 32.3. The van der Waals surface area contributed by atoms with Crippen LogP contribution in [-0.2, 0) is 0 Å². The largest absolute Gasteiger partial charge is 0.274 e. The van der Waals surface area contributed by atoms with E-state index in [4.69, 9.17) is 0 Å². The third kappa shape index (κ3) is 6.06. The van der Waals surface area contributed by atoms with Crippen LogP contribution in [0.15, 0.2) is 36.4 Å². The number of carbonyl (C=O) groups is 4. The van der Waals surface area contributed by atoms with E-state index in [1.54, 1.807) is 36.4 Å². The van der Waals surface area contributed by atoms with Gasteiger partial charge >= 0.3 is 0 Å². The summed E-state index contributed by atoms with van der Waals surface area (Å²) in [7, 11) is 0. The second-order valence-corrected chi connectivity index (χ2v) is 16.7. The van der Waals surface area contributed by atoms with Crippen molar-refractivity contribution in [1.29, 1.82) is 10.5 Å². The van der Waals surface area contributed by atoms with Gasteiger partial charge in [-0.25, -0.2) is 0 Å². The van der Waals surface area contributed by atoms with Gasteiger partial charge in [0.25, 0.3) is 23.6 Å². The molecule has 7 rings (SSSR count). The molecule has 0 saturated carbocycles. The summed E-state index contributed by atoms with van der Waals surface area (Å²) < 4.78 is 0. The van der Waals surface area contributed by atoms with Crippen molar-refractivity contribution in [2.24, 2.45) is 23.7 Å². The normalized spacial score (nSPS) is 15.4. The summed E-state index contributed by atoms with van der Waals surface area (Å²) in [5.74, 6) is 0.344. The van der Waals surface area contributed by atoms with Crippen LogP contribution < -0.4 is 0 Å². The Morgan fingerprint density at radius 2 is 0.852 bits per heavy atom. The van der Waals surface area contributed by atoms with Gasteiger partial charge in [0, 0.05) is 56.5 Å². The fourth-order valence-electron chi connectivity index (χ4n) is 8.89. The van der Waals surface area contributed by atoms with Crippen LogP contribution in [-0.4, -0.2) is 46.5 Å². The first kappa shape index (κ1) is 37.0. The Balaban J connectivity index is 1.34. The highest BCUT2D eigenvalue weighted by atomic mass is 16.2. The minimum atomic E-state index is -0.427. The zero-order valence-corrected chi connectivity index (χ0v) is 32.3. The molecule has 2 heterocycles. The van der Waals surface area contributed by atoms with Gasteiger partial charge in [-0.15, -0.1) is 0 Å². The number of amides is 4. The summed E-state index contributed by atoms with van der Waals surface area (Å²) >= 11 is 0. The standard InChI is InChI=1S/C46H48N4O4/c1-25(2)9-7-11-27(5)17-19-49-43(51)33-15-13-31-38-30(24-48)22-36-40-34(44(52)50(46(36)54)20-18-28(6)12-8-10-26(3)4)16-14-32(42(38)40)37-29(23-47)21-35(45(49)53)39(33)41(31)37/h13-16,21-22,25-28H,7-12,17-20H2,1-6H3. The first-order valence-electron chi connectivity index (χ1n) is 19.7. The van der Waals surface area contributed by atoms with Crippen LogP contribution in [0.5, 0.6) is 0 Å². The van der Waals surface area contributed by atoms with Crippen molar-refractivity contribution in [3.63, 3.8) is 0 Å². The van der Waals surface area contributed by atoms with Gasteiger partial charge in [0.05, 0.1) is 34.4 Å². The van der Waals surface area contributed by atoms with Crippen molar-refractivity contribution in [1.82, 2.24) is 9.80 Å². The molecule has 0 saturated heterocycles. The lowest BCUT2D eigenvalue weighted by atomic mass is 9.79. The molecule has 0 radical (unpaired) electrons. The predicted molar refractivity (Wildman–Crippen MR) is 213 cm³/mol. The summed E-state index contributed by atoms with van der Waals surface area (Å²) in [5, 5.41) is 25.6. The maximum absolute atomic E-state index is 14.2. The molecule has 2 aliphatic rings.